The lowest BCUT2D eigenvalue weighted by Crippen LogP contribution is -1.97. The first-order valence-corrected chi connectivity index (χ1v) is 6.02. The average Bonchev–Trinajstić information content (AvgIpc) is 2.37. The lowest BCUT2D eigenvalue weighted by molar-refractivity contribution is 0.101. The van der Waals surface area contributed by atoms with E-state index in [1.54, 1.807) is 18.2 Å². The number of carbonyl (C=O) groups excluding carboxylic acids is 1. The van der Waals surface area contributed by atoms with Crippen LogP contribution in [-0.2, 0) is 6.61 Å². The van der Waals surface area contributed by atoms with Gasteiger partial charge in [0.2, 0.25) is 0 Å². The summed E-state index contributed by atoms with van der Waals surface area (Å²) in [6.07, 6.45) is 0. The predicted octanol–water partition coefficient (Wildman–Crippen LogP) is 4.12. The number of ketones is 1. The van der Waals surface area contributed by atoms with E-state index >= 15 is 0 Å². The van der Waals surface area contributed by atoms with E-state index in [4.69, 9.17) is 16.3 Å². The maximum atomic E-state index is 11.2. The van der Waals surface area contributed by atoms with Crippen molar-refractivity contribution in [3.05, 3.63) is 64.7 Å². The van der Waals surface area contributed by atoms with Gasteiger partial charge >= 0.3 is 0 Å². The summed E-state index contributed by atoms with van der Waals surface area (Å²) in [5, 5.41) is 0.424. The molecule has 0 N–H and O–H groups in total. The Morgan fingerprint density at radius 2 is 1.89 bits per heavy atom. The van der Waals surface area contributed by atoms with Crippen molar-refractivity contribution in [1.29, 1.82) is 0 Å². The summed E-state index contributed by atoms with van der Waals surface area (Å²) in [5.41, 5.74) is 1.60. The van der Waals surface area contributed by atoms with Gasteiger partial charge in [-0.1, -0.05) is 41.9 Å². The van der Waals surface area contributed by atoms with Gasteiger partial charge in [0.05, 0.1) is 5.02 Å². The molecule has 0 amide bonds. The number of carbonyl (C=O) groups is 1. The van der Waals surface area contributed by atoms with Crippen LogP contribution in [0, 0.1) is 0 Å². The molecule has 0 spiro atoms. The molecule has 0 fully saturated rings. The fourth-order valence-corrected chi connectivity index (χ4v) is 1.92. The van der Waals surface area contributed by atoms with E-state index in [1.807, 2.05) is 30.3 Å². The van der Waals surface area contributed by atoms with Crippen molar-refractivity contribution < 1.29 is 9.53 Å². The number of ether oxygens (including phenoxy) is 1. The summed E-state index contributed by atoms with van der Waals surface area (Å²) >= 11 is 6.01. The maximum Gasteiger partial charge on any atom is 0.161 e. The summed E-state index contributed by atoms with van der Waals surface area (Å²) in [6.45, 7) is 1.97. The zero-order valence-corrected chi connectivity index (χ0v) is 10.8. The van der Waals surface area contributed by atoms with Crippen LogP contribution in [0.15, 0.2) is 48.5 Å². The highest BCUT2D eigenvalue weighted by Crippen LogP contribution is 2.23. The van der Waals surface area contributed by atoms with E-state index in [0.29, 0.717) is 22.9 Å². The Balaban J connectivity index is 2.07. The second-order valence-corrected chi connectivity index (χ2v) is 4.38. The largest absolute Gasteiger partial charge is 0.489 e. The molecule has 3 heteroatoms. The second kappa shape index (κ2) is 5.69. The second-order valence-electron chi connectivity index (χ2n) is 3.97. The van der Waals surface area contributed by atoms with Gasteiger partial charge in [-0.25, -0.2) is 0 Å². The first kappa shape index (κ1) is 12.7. The quantitative estimate of drug-likeness (QED) is 0.773. The van der Waals surface area contributed by atoms with Crippen molar-refractivity contribution in [2.45, 2.75) is 13.5 Å². The van der Waals surface area contributed by atoms with E-state index < -0.39 is 0 Å². The predicted molar refractivity (Wildman–Crippen MR) is 72.2 cm³/mol. The highest BCUT2D eigenvalue weighted by atomic mass is 35.5. The number of hydrogen-bond acceptors (Lipinski definition) is 2. The van der Waals surface area contributed by atoms with Gasteiger partial charge in [0.15, 0.2) is 5.78 Å². The minimum Gasteiger partial charge on any atom is -0.489 e. The smallest absolute Gasteiger partial charge is 0.161 e. The van der Waals surface area contributed by atoms with Crippen LogP contribution in [0.3, 0.4) is 0 Å². The van der Waals surface area contributed by atoms with Crippen molar-refractivity contribution in [3.63, 3.8) is 0 Å². The summed E-state index contributed by atoms with van der Waals surface area (Å²) in [4.78, 5) is 11.2. The van der Waals surface area contributed by atoms with Crippen molar-refractivity contribution in [2.75, 3.05) is 0 Å². The molecule has 0 heterocycles. The summed E-state index contributed by atoms with van der Waals surface area (Å²) < 4.78 is 5.61. The molecule has 2 aromatic rings. The minimum absolute atomic E-state index is 0.0467. The van der Waals surface area contributed by atoms with E-state index in [-0.39, 0.29) is 5.78 Å². The monoisotopic (exact) mass is 260 g/mol. The molecule has 2 aromatic carbocycles. The standard InChI is InChI=1S/C15H13ClO2/c1-11(17)14-8-7-13(9-15(14)16)18-10-12-5-3-2-4-6-12/h2-9H,10H2,1H3. The van der Waals surface area contributed by atoms with Crippen molar-refractivity contribution in [3.8, 4) is 5.75 Å². The topological polar surface area (TPSA) is 26.3 Å². The lowest BCUT2D eigenvalue weighted by atomic mass is 10.1. The molecule has 0 atom stereocenters. The van der Waals surface area contributed by atoms with Gasteiger partial charge in [0, 0.05) is 5.56 Å². The van der Waals surface area contributed by atoms with Crippen LogP contribution >= 0.6 is 11.6 Å². The molecule has 18 heavy (non-hydrogen) atoms. The van der Waals surface area contributed by atoms with Gasteiger partial charge in [0.25, 0.3) is 0 Å². The van der Waals surface area contributed by atoms with E-state index in [2.05, 4.69) is 0 Å². The fourth-order valence-electron chi connectivity index (χ4n) is 1.61. The van der Waals surface area contributed by atoms with Crippen LogP contribution in [0.2, 0.25) is 5.02 Å². The average molecular weight is 261 g/mol. The Kier molecular flexibility index (Phi) is 4.00. The Hall–Kier alpha value is -1.80. The van der Waals surface area contributed by atoms with E-state index in [1.165, 1.54) is 6.92 Å². The highest BCUT2D eigenvalue weighted by Gasteiger charge is 2.06. The summed E-state index contributed by atoms with van der Waals surface area (Å²) in [7, 11) is 0. The molecule has 0 aromatic heterocycles. The molecule has 0 aliphatic rings. The number of halogens is 1. The van der Waals surface area contributed by atoms with Gasteiger partial charge in [-0.05, 0) is 30.7 Å². The third-order valence-electron chi connectivity index (χ3n) is 2.57. The van der Waals surface area contributed by atoms with Crippen LogP contribution < -0.4 is 4.74 Å². The Bertz CT molecular complexity index is 550. The van der Waals surface area contributed by atoms with Crippen LogP contribution in [0.4, 0.5) is 0 Å². The molecule has 0 radical (unpaired) electrons. The Morgan fingerprint density at radius 3 is 2.50 bits per heavy atom. The van der Waals surface area contributed by atoms with E-state index in [0.717, 1.165) is 5.56 Å². The highest BCUT2D eigenvalue weighted by molar-refractivity contribution is 6.34. The van der Waals surface area contributed by atoms with Gasteiger partial charge in [0.1, 0.15) is 12.4 Å². The molecule has 0 bridgehead atoms. The number of hydrogen-bond donors (Lipinski definition) is 0. The minimum atomic E-state index is -0.0467. The van der Waals surface area contributed by atoms with Crippen LogP contribution in [0.5, 0.6) is 5.75 Å². The number of benzene rings is 2. The third kappa shape index (κ3) is 3.11. The van der Waals surface area contributed by atoms with Gasteiger partial charge in [-0.3, -0.25) is 4.79 Å². The SMILES string of the molecule is CC(=O)c1ccc(OCc2ccccc2)cc1Cl. The number of Topliss-reactive ketones (excluding diaryl/α,β-unsaturated/α-hetero) is 1. The van der Waals surface area contributed by atoms with Crippen LogP contribution in [-0.4, -0.2) is 5.78 Å². The van der Waals surface area contributed by atoms with Gasteiger partial charge in [-0.2, -0.15) is 0 Å². The summed E-state index contributed by atoms with van der Waals surface area (Å²) in [5.74, 6) is 0.614. The van der Waals surface area contributed by atoms with Crippen LogP contribution in [0.25, 0.3) is 0 Å². The molecule has 92 valence electrons. The van der Waals surface area contributed by atoms with Crippen molar-refractivity contribution >= 4 is 17.4 Å². The van der Waals surface area contributed by atoms with Crippen LogP contribution in [0.1, 0.15) is 22.8 Å². The Morgan fingerprint density at radius 1 is 1.17 bits per heavy atom. The molecular weight excluding hydrogens is 248 g/mol. The van der Waals surface area contributed by atoms with Gasteiger partial charge < -0.3 is 4.74 Å². The normalized spacial score (nSPS) is 10.1. The third-order valence-corrected chi connectivity index (χ3v) is 2.88. The number of rotatable bonds is 4. The van der Waals surface area contributed by atoms with Gasteiger partial charge in [-0.15, -0.1) is 0 Å². The van der Waals surface area contributed by atoms with Crippen molar-refractivity contribution in [1.82, 2.24) is 0 Å². The first-order chi connectivity index (χ1) is 8.66. The maximum absolute atomic E-state index is 11.2. The molecular formula is C15H13ClO2. The summed E-state index contributed by atoms with van der Waals surface area (Å²) in [6, 6.07) is 15.0. The zero-order valence-electron chi connectivity index (χ0n) is 10.0. The molecule has 2 rings (SSSR count). The molecule has 0 saturated carbocycles. The van der Waals surface area contributed by atoms with E-state index in [9.17, 15) is 4.79 Å². The fraction of sp³-hybridized carbons (Fsp3) is 0.133. The molecule has 2 nitrogen and oxygen atoms in total. The first-order valence-electron chi connectivity index (χ1n) is 5.64. The molecule has 0 unspecified atom stereocenters. The Labute approximate surface area is 111 Å². The molecule has 0 saturated heterocycles. The lowest BCUT2D eigenvalue weighted by Gasteiger charge is -2.08. The molecule has 0 aliphatic carbocycles. The molecule has 0 aliphatic heterocycles. The van der Waals surface area contributed by atoms with Crippen molar-refractivity contribution in [2.24, 2.45) is 0 Å². The zero-order chi connectivity index (χ0) is 13.0.